The van der Waals surface area contributed by atoms with Crippen molar-refractivity contribution in [1.29, 1.82) is 5.26 Å². The number of rotatable bonds is 3. The molecule has 96 valence electrons. The molecule has 2 rings (SSSR count). The molecule has 1 fully saturated rings. The van der Waals surface area contributed by atoms with Gasteiger partial charge in [-0.15, -0.1) is 0 Å². The minimum absolute atomic E-state index is 0.224. The summed E-state index contributed by atoms with van der Waals surface area (Å²) in [4.78, 5) is 0. The van der Waals surface area contributed by atoms with Crippen LogP contribution in [0, 0.1) is 17.1 Å². The summed E-state index contributed by atoms with van der Waals surface area (Å²) in [5, 5.41) is 11.7. The Morgan fingerprint density at radius 2 is 2.06 bits per heavy atom. The van der Waals surface area contributed by atoms with Gasteiger partial charge in [0.05, 0.1) is 17.3 Å². The van der Waals surface area contributed by atoms with Crippen LogP contribution in [0.15, 0.2) is 18.2 Å². The number of hydrogen-bond acceptors (Lipinski definition) is 3. The maximum Gasteiger partial charge on any atom is 0.147 e. The first kappa shape index (κ1) is 12.8. The molecular formula is C14H18FN3. The summed E-state index contributed by atoms with van der Waals surface area (Å²) in [6.45, 7) is 0.579. The number of nitrogens with zero attached hydrogens (tertiary/aromatic N) is 1. The zero-order chi connectivity index (χ0) is 13.0. The number of benzene rings is 1. The Balaban J connectivity index is 2.00. The number of nitrogens with two attached hydrogens (primary N) is 1. The van der Waals surface area contributed by atoms with E-state index in [1.807, 2.05) is 6.07 Å². The number of nitrogens with one attached hydrogen (secondary N) is 1. The molecule has 0 spiro atoms. The van der Waals surface area contributed by atoms with Gasteiger partial charge in [0, 0.05) is 12.1 Å². The smallest absolute Gasteiger partial charge is 0.147 e. The molecule has 0 bridgehead atoms. The van der Waals surface area contributed by atoms with Crippen molar-refractivity contribution in [2.24, 2.45) is 5.73 Å². The molecule has 0 radical (unpaired) electrons. The summed E-state index contributed by atoms with van der Waals surface area (Å²) in [6, 6.07) is 6.36. The maximum atomic E-state index is 13.7. The van der Waals surface area contributed by atoms with Crippen LogP contribution in [0.5, 0.6) is 0 Å². The molecule has 0 unspecified atom stereocenters. The van der Waals surface area contributed by atoms with Crippen LogP contribution < -0.4 is 11.1 Å². The zero-order valence-electron chi connectivity index (χ0n) is 10.4. The second kappa shape index (κ2) is 5.36. The van der Waals surface area contributed by atoms with Crippen LogP contribution in [0.1, 0.15) is 37.7 Å². The molecule has 0 aromatic heterocycles. The normalized spacial score (nSPS) is 18.1. The number of hydrogen-bond donors (Lipinski definition) is 2. The van der Waals surface area contributed by atoms with Crippen LogP contribution in [0.4, 0.5) is 10.1 Å². The van der Waals surface area contributed by atoms with Crippen molar-refractivity contribution < 1.29 is 4.39 Å². The summed E-state index contributed by atoms with van der Waals surface area (Å²) in [6.07, 6.45) is 5.50. The van der Waals surface area contributed by atoms with Crippen molar-refractivity contribution in [3.8, 4) is 6.07 Å². The molecule has 3 N–H and O–H groups in total. The lowest BCUT2D eigenvalue weighted by Gasteiger charge is -2.33. The first-order chi connectivity index (χ1) is 8.63. The second-order valence-corrected chi connectivity index (χ2v) is 5.08. The fourth-order valence-electron chi connectivity index (χ4n) is 2.43. The van der Waals surface area contributed by atoms with E-state index >= 15 is 0 Å². The summed E-state index contributed by atoms with van der Waals surface area (Å²) in [5.74, 6) is -0.395. The van der Waals surface area contributed by atoms with Crippen LogP contribution in [0.3, 0.4) is 0 Å². The van der Waals surface area contributed by atoms with E-state index in [4.69, 9.17) is 11.0 Å². The molecule has 0 aliphatic heterocycles. The Labute approximate surface area is 107 Å². The van der Waals surface area contributed by atoms with Gasteiger partial charge >= 0.3 is 0 Å². The standard InChI is InChI=1S/C14H18FN3/c15-12-8-11(9-16)4-5-13(12)18-10-14(17)6-2-1-3-7-14/h4-5,8,18H,1-3,6-7,10,17H2. The Morgan fingerprint density at radius 3 is 2.67 bits per heavy atom. The highest BCUT2D eigenvalue weighted by molar-refractivity contribution is 5.49. The van der Waals surface area contributed by atoms with Crippen molar-refractivity contribution in [3.63, 3.8) is 0 Å². The lowest BCUT2D eigenvalue weighted by molar-refractivity contribution is 0.311. The highest BCUT2D eigenvalue weighted by Crippen LogP contribution is 2.26. The Bertz CT molecular complexity index is 459. The summed E-state index contributed by atoms with van der Waals surface area (Å²) >= 11 is 0. The van der Waals surface area contributed by atoms with Crippen LogP contribution in [-0.4, -0.2) is 12.1 Å². The van der Waals surface area contributed by atoms with Gasteiger partial charge < -0.3 is 11.1 Å². The average Bonchev–Trinajstić information content (AvgIpc) is 2.38. The Morgan fingerprint density at radius 1 is 1.33 bits per heavy atom. The molecular weight excluding hydrogens is 229 g/mol. The van der Waals surface area contributed by atoms with E-state index in [0.717, 1.165) is 25.7 Å². The van der Waals surface area contributed by atoms with E-state index in [-0.39, 0.29) is 5.54 Å². The molecule has 1 aliphatic rings. The molecule has 0 saturated heterocycles. The SMILES string of the molecule is N#Cc1ccc(NCC2(N)CCCCC2)c(F)c1. The monoisotopic (exact) mass is 247 g/mol. The maximum absolute atomic E-state index is 13.7. The lowest BCUT2D eigenvalue weighted by Crippen LogP contribution is -2.47. The van der Waals surface area contributed by atoms with Gasteiger partial charge in [-0.1, -0.05) is 19.3 Å². The van der Waals surface area contributed by atoms with Gasteiger partial charge in [0.1, 0.15) is 5.82 Å². The number of halogens is 1. The molecule has 1 aromatic carbocycles. The van der Waals surface area contributed by atoms with E-state index in [2.05, 4.69) is 5.32 Å². The van der Waals surface area contributed by atoms with Crippen LogP contribution in [0.2, 0.25) is 0 Å². The molecule has 18 heavy (non-hydrogen) atoms. The van der Waals surface area contributed by atoms with Crippen molar-refractivity contribution in [2.75, 3.05) is 11.9 Å². The minimum Gasteiger partial charge on any atom is -0.381 e. The third-order valence-corrected chi connectivity index (χ3v) is 3.58. The zero-order valence-corrected chi connectivity index (χ0v) is 10.4. The topological polar surface area (TPSA) is 61.8 Å². The fraction of sp³-hybridized carbons (Fsp3) is 0.500. The van der Waals surface area contributed by atoms with Gasteiger partial charge in [-0.2, -0.15) is 5.26 Å². The molecule has 1 saturated carbocycles. The van der Waals surface area contributed by atoms with E-state index in [9.17, 15) is 4.39 Å². The van der Waals surface area contributed by atoms with E-state index in [0.29, 0.717) is 17.8 Å². The van der Waals surface area contributed by atoms with Crippen molar-refractivity contribution >= 4 is 5.69 Å². The minimum atomic E-state index is -0.395. The van der Waals surface area contributed by atoms with E-state index < -0.39 is 5.82 Å². The molecule has 1 aromatic rings. The van der Waals surface area contributed by atoms with Crippen molar-refractivity contribution in [1.82, 2.24) is 0 Å². The summed E-state index contributed by atoms with van der Waals surface area (Å²) in [7, 11) is 0. The van der Waals surface area contributed by atoms with Gasteiger partial charge in [-0.05, 0) is 31.0 Å². The molecule has 3 nitrogen and oxygen atoms in total. The summed E-state index contributed by atoms with van der Waals surface area (Å²) < 4.78 is 13.7. The molecule has 0 heterocycles. The van der Waals surface area contributed by atoms with Crippen molar-refractivity contribution in [3.05, 3.63) is 29.6 Å². The molecule has 0 amide bonds. The highest BCUT2D eigenvalue weighted by atomic mass is 19.1. The first-order valence-corrected chi connectivity index (χ1v) is 6.35. The van der Waals surface area contributed by atoms with Gasteiger partial charge in [-0.3, -0.25) is 0 Å². The van der Waals surface area contributed by atoms with Crippen molar-refractivity contribution in [2.45, 2.75) is 37.6 Å². The van der Waals surface area contributed by atoms with Gasteiger partial charge in [0.15, 0.2) is 0 Å². The van der Waals surface area contributed by atoms with Crippen LogP contribution >= 0.6 is 0 Å². The van der Waals surface area contributed by atoms with Gasteiger partial charge in [0.2, 0.25) is 0 Å². The van der Waals surface area contributed by atoms with Gasteiger partial charge in [-0.25, -0.2) is 4.39 Å². The third-order valence-electron chi connectivity index (χ3n) is 3.58. The number of anilines is 1. The molecule has 0 atom stereocenters. The second-order valence-electron chi connectivity index (χ2n) is 5.08. The predicted molar refractivity (Wildman–Crippen MR) is 69.6 cm³/mol. The fourth-order valence-corrected chi connectivity index (χ4v) is 2.43. The summed E-state index contributed by atoms with van der Waals surface area (Å²) in [5.41, 5.74) is 6.80. The quantitative estimate of drug-likeness (QED) is 0.863. The largest absolute Gasteiger partial charge is 0.381 e. The molecule has 4 heteroatoms. The number of nitriles is 1. The first-order valence-electron chi connectivity index (χ1n) is 6.35. The Hall–Kier alpha value is -1.60. The Kier molecular flexibility index (Phi) is 3.83. The van der Waals surface area contributed by atoms with Crippen LogP contribution in [0.25, 0.3) is 0 Å². The van der Waals surface area contributed by atoms with Gasteiger partial charge in [0.25, 0.3) is 0 Å². The van der Waals surface area contributed by atoms with Crippen LogP contribution in [-0.2, 0) is 0 Å². The predicted octanol–water partition coefficient (Wildman–Crippen LogP) is 2.77. The average molecular weight is 247 g/mol. The van der Waals surface area contributed by atoms with E-state index in [1.165, 1.54) is 12.5 Å². The van der Waals surface area contributed by atoms with E-state index in [1.54, 1.807) is 12.1 Å². The highest BCUT2D eigenvalue weighted by Gasteiger charge is 2.27. The lowest BCUT2D eigenvalue weighted by atomic mass is 9.82. The molecule has 1 aliphatic carbocycles. The third kappa shape index (κ3) is 2.99.